The van der Waals surface area contributed by atoms with E-state index in [9.17, 15) is 0 Å². The van der Waals surface area contributed by atoms with Crippen molar-refractivity contribution in [3.8, 4) is 0 Å². The Morgan fingerprint density at radius 1 is 1.16 bits per heavy atom. The summed E-state index contributed by atoms with van der Waals surface area (Å²) >= 11 is 7.72. The number of pyridine rings is 1. The van der Waals surface area contributed by atoms with Crippen molar-refractivity contribution in [3.63, 3.8) is 0 Å². The monoisotopic (exact) mass is 292 g/mol. The SMILES string of the molecule is CCNc1ccnc(CSCc2ccc(Cl)cc2)c1. The van der Waals surface area contributed by atoms with E-state index in [4.69, 9.17) is 11.6 Å². The third-order valence-corrected chi connectivity index (χ3v) is 3.92. The molecule has 0 atom stereocenters. The molecular formula is C15H17ClN2S. The molecule has 2 rings (SSSR count). The third kappa shape index (κ3) is 4.77. The molecule has 0 saturated heterocycles. The van der Waals surface area contributed by atoms with E-state index < -0.39 is 0 Å². The summed E-state index contributed by atoms with van der Waals surface area (Å²) in [5.41, 5.74) is 3.54. The van der Waals surface area contributed by atoms with E-state index in [1.165, 1.54) is 5.56 Å². The van der Waals surface area contributed by atoms with Crippen LogP contribution in [0.15, 0.2) is 42.6 Å². The first-order chi connectivity index (χ1) is 9.28. The minimum atomic E-state index is 0.786. The van der Waals surface area contributed by atoms with Gasteiger partial charge in [-0.2, -0.15) is 11.8 Å². The van der Waals surface area contributed by atoms with Gasteiger partial charge in [0.15, 0.2) is 0 Å². The van der Waals surface area contributed by atoms with Crippen LogP contribution < -0.4 is 5.32 Å². The molecule has 0 aliphatic carbocycles. The summed E-state index contributed by atoms with van der Waals surface area (Å²) in [6, 6.07) is 12.1. The van der Waals surface area contributed by atoms with Gasteiger partial charge in [-0.15, -0.1) is 0 Å². The van der Waals surface area contributed by atoms with Crippen molar-refractivity contribution in [1.29, 1.82) is 0 Å². The topological polar surface area (TPSA) is 24.9 Å². The van der Waals surface area contributed by atoms with Crippen LogP contribution in [0.1, 0.15) is 18.2 Å². The fourth-order valence-corrected chi connectivity index (χ4v) is 2.75. The summed E-state index contributed by atoms with van der Waals surface area (Å²) < 4.78 is 0. The first-order valence-corrected chi connectivity index (χ1v) is 7.82. The van der Waals surface area contributed by atoms with Crippen LogP contribution in [0.4, 0.5) is 5.69 Å². The Kier molecular flexibility index (Phi) is 5.55. The van der Waals surface area contributed by atoms with Crippen LogP contribution in [0.2, 0.25) is 5.02 Å². The van der Waals surface area contributed by atoms with Gasteiger partial charge in [-0.05, 0) is 36.8 Å². The molecule has 0 bridgehead atoms. The molecule has 1 aromatic carbocycles. The average molecular weight is 293 g/mol. The first kappa shape index (κ1) is 14.2. The van der Waals surface area contributed by atoms with Gasteiger partial charge in [0.2, 0.25) is 0 Å². The lowest BCUT2D eigenvalue weighted by Gasteiger charge is -2.06. The molecular weight excluding hydrogens is 276 g/mol. The zero-order valence-electron chi connectivity index (χ0n) is 10.9. The largest absolute Gasteiger partial charge is 0.385 e. The molecule has 0 fully saturated rings. The third-order valence-electron chi connectivity index (χ3n) is 2.63. The molecule has 0 amide bonds. The molecule has 100 valence electrons. The van der Waals surface area contributed by atoms with Crippen LogP contribution in [0.5, 0.6) is 0 Å². The quantitative estimate of drug-likeness (QED) is 0.842. The summed E-state index contributed by atoms with van der Waals surface area (Å²) in [7, 11) is 0. The van der Waals surface area contributed by atoms with Gasteiger partial charge in [-0.3, -0.25) is 4.98 Å². The Morgan fingerprint density at radius 2 is 1.95 bits per heavy atom. The molecule has 0 saturated carbocycles. The number of anilines is 1. The Balaban J connectivity index is 1.85. The predicted molar refractivity (Wildman–Crippen MR) is 84.9 cm³/mol. The van der Waals surface area contributed by atoms with Gasteiger partial charge in [0.05, 0.1) is 5.69 Å². The van der Waals surface area contributed by atoms with Crippen molar-refractivity contribution in [1.82, 2.24) is 4.98 Å². The van der Waals surface area contributed by atoms with Crippen molar-refractivity contribution < 1.29 is 0 Å². The molecule has 1 aromatic heterocycles. The lowest BCUT2D eigenvalue weighted by Crippen LogP contribution is -1.98. The lowest BCUT2D eigenvalue weighted by molar-refractivity contribution is 1.15. The number of aromatic nitrogens is 1. The van der Waals surface area contributed by atoms with Crippen LogP contribution >= 0.6 is 23.4 Å². The second kappa shape index (κ2) is 7.41. The number of hydrogen-bond donors (Lipinski definition) is 1. The van der Waals surface area contributed by atoms with Gasteiger partial charge in [-0.25, -0.2) is 0 Å². The van der Waals surface area contributed by atoms with Crippen LogP contribution in [0.3, 0.4) is 0 Å². The van der Waals surface area contributed by atoms with Gasteiger partial charge < -0.3 is 5.32 Å². The van der Waals surface area contributed by atoms with E-state index in [0.717, 1.165) is 34.5 Å². The Morgan fingerprint density at radius 3 is 2.68 bits per heavy atom. The first-order valence-electron chi connectivity index (χ1n) is 6.29. The van der Waals surface area contributed by atoms with Gasteiger partial charge in [0.25, 0.3) is 0 Å². The van der Waals surface area contributed by atoms with E-state index in [1.54, 1.807) is 0 Å². The molecule has 1 heterocycles. The van der Waals surface area contributed by atoms with E-state index >= 15 is 0 Å². The Labute approximate surface area is 123 Å². The highest BCUT2D eigenvalue weighted by molar-refractivity contribution is 7.97. The van der Waals surface area contributed by atoms with Crippen molar-refractivity contribution in [2.45, 2.75) is 18.4 Å². The zero-order valence-corrected chi connectivity index (χ0v) is 12.5. The van der Waals surface area contributed by atoms with E-state index in [2.05, 4.69) is 35.4 Å². The second-order valence-electron chi connectivity index (χ2n) is 4.19. The molecule has 0 aliphatic rings. The summed E-state index contributed by atoms with van der Waals surface area (Å²) in [5.74, 6) is 1.89. The fourth-order valence-electron chi connectivity index (χ4n) is 1.73. The predicted octanol–water partition coefficient (Wildman–Crippen LogP) is 4.60. The summed E-state index contributed by atoms with van der Waals surface area (Å²) in [4.78, 5) is 4.39. The van der Waals surface area contributed by atoms with Crippen molar-refractivity contribution in [3.05, 3.63) is 58.9 Å². The number of rotatable bonds is 6. The maximum absolute atomic E-state index is 5.86. The van der Waals surface area contributed by atoms with E-state index in [-0.39, 0.29) is 0 Å². The highest BCUT2D eigenvalue weighted by Gasteiger charge is 1.99. The minimum absolute atomic E-state index is 0.786. The van der Waals surface area contributed by atoms with Crippen molar-refractivity contribution >= 4 is 29.1 Å². The molecule has 0 radical (unpaired) electrons. The standard InChI is InChI=1S/C15H17ClN2S/c1-2-17-14-7-8-18-15(9-14)11-19-10-12-3-5-13(16)6-4-12/h3-9H,2,10-11H2,1H3,(H,17,18). The normalized spacial score (nSPS) is 10.4. The molecule has 1 N–H and O–H groups in total. The number of halogens is 1. The lowest BCUT2D eigenvalue weighted by atomic mass is 10.2. The van der Waals surface area contributed by atoms with Crippen LogP contribution in [0.25, 0.3) is 0 Å². The van der Waals surface area contributed by atoms with Crippen LogP contribution in [0, 0.1) is 0 Å². The number of nitrogens with one attached hydrogen (secondary N) is 1. The molecule has 0 aliphatic heterocycles. The minimum Gasteiger partial charge on any atom is -0.385 e. The number of nitrogens with zero attached hydrogens (tertiary/aromatic N) is 1. The molecule has 0 spiro atoms. The summed E-state index contributed by atoms with van der Waals surface area (Å²) in [6.45, 7) is 3.02. The van der Waals surface area contributed by atoms with Crippen molar-refractivity contribution in [2.75, 3.05) is 11.9 Å². The zero-order chi connectivity index (χ0) is 13.5. The van der Waals surface area contributed by atoms with Gasteiger partial charge in [-0.1, -0.05) is 23.7 Å². The van der Waals surface area contributed by atoms with Gasteiger partial charge >= 0.3 is 0 Å². The van der Waals surface area contributed by atoms with Crippen molar-refractivity contribution in [2.24, 2.45) is 0 Å². The maximum atomic E-state index is 5.86. The molecule has 0 unspecified atom stereocenters. The Bertz CT molecular complexity index is 514. The highest BCUT2D eigenvalue weighted by atomic mass is 35.5. The van der Waals surface area contributed by atoms with Crippen LogP contribution in [-0.4, -0.2) is 11.5 Å². The number of benzene rings is 1. The maximum Gasteiger partial charge on any atom is 0.0523 e. The smallest absolute Gasteiger partial charge is 0.0523 e. The van der Waals surface area contributed by atoms with E-state index in [1.807, 2.05) is 36.2 Å². The molecule has 2 nitrogen and oxygen atoms in total. The number of thioether (sulfide) groups is 1. The van der Waals surface area contributed by atoms with Gasteiger partial charge in [0, 0.05) is 35.0 Å². The van der Waals surface area contributed by atoms with Gasteiger partial charge in [0.1, 0.15) is 0 Å². The molecule has 19 heavy (non-hydrogen) atoms. The summed E-state index contributed by atoms with van der Waals surface area (Å²) in [6.07, 6.45) is 1.86. The van der Waals surface area contributed by atoms with E-state index in [0.29, 0.717) is 0 Å². The molecule has 4 heteroatoms. The fraction of sp³-hybridized carbons (Fsp3) is 0.267. The number of hydrogen-bond acceptors (Lipinski definition) is 3. The Hall–Kier alpha value is -1.19. The molecule has 2 aromatic rings. The summed E-state index contributed by atoms with van der Waals surface area (Å²) in [5, 5.41) is 4.08. The van der Waals surface area contributed by atoms with Crippen LogP contribution in [-0.2, 0) is 11.5 Å². The second-order valence-corrected chi connectivity index (χ2v) is 5.61. The average Bonchev–Trinajstić information content (AvgIpc) is 2.42. The highest BCUT2D eigenvalue weighted by Crippen LogP contribution is 2.19.